The molecule has 5 heteroatoms. The molecule has 0 atom stereocenters. The Morgan fingerprint density at radius 3 is 2.00 bits per heavy atom. The van der Waals surface area contributed by atoms with Crippen molar-refractivity contribution >= 4 is 11.8 Å². The molecule has 0 radical (unpaired) electrons. The molecule has 0 aromatic rings. The monoisotopic (exact) mass is 258 g/mol. The van der Waals surface area contributed by atoms with Crippen LogP contribution in [0.3, 0.4) is 0 Å². The largest absolute Gasteiger partial charge is 0.396 e. The van der Waals surface area contributed by atoms with Gasteiger partial charge >= 0.3 is 11.8 Å². The van der Waals surface area contributed by atoms with E-state index in [1.807, 2.05) is 27.7 Å². The van der Waals surface area contributed by atoms with Gasteiger partial charge in [0.05, 0.1) is 0 Å². The van der Waals surface area contributed by atoms with E-state index in [9.17, 15) is 9.59 Å². The van der Waals surface area contributed by atoms with E-state index in [1.165, 1.54) is 0 Å². The molecule has 0 fully saturated rings. The lowest BCUT2D eigenvalue weighted by atomic mass is 10.1. The highest BCUT2D eigenvalue weighted by Gasteiger charge is 2.22. The van der Waals surface area contributed by atoms with Crippen molar-refractivity contribution in [3.8, 4) is 0 Å². The smallest absolute Gasteiger partial charge is 0.311 e. The number of rotatable bonds is 7. The van der Waals surface area contributed by atoms with E-state index in [-0.39, 0.29) is 6.61 Å². The molecule has 0 bridgehead atoms. The minimum Gasteiger partial charge on any atom is -0.396 e. The number of aliphatic hydroxyl groups excluding tert-OH is 1. The Morgan fingerprint density at radius 1 is 1.11 bits per heavy atom. The SMILES string of the molecule is CC(C)CN(CC(C)C)C(=O)C(=O)NCCCO. The van der Waals surface area contributed by atoms with Gasteiger partial charge in [0, 0.05) is 26.2 Å². The second kappa shape index (κ2) is 8.91. The molecular weight excluding hydrogens is 232 g/mol. The second-order valence-electron chi connectivity index (χ2n) is 5.33. The molecule has 0 aliphatic rings. The molecule has 0 spiro atoms. The van der Waals surface area contributed by atoms with Crippen LogP contribution in [0, 0.1) is 11.8 Å². The summed E-state index contributed by atoms with van der Waals surface area (Å²) in [5.41, 5.74) is 0. The van der Waals surface area contributed by atoms with Crippen molar-refractivity contribution in [1.29, 1.82) is 0 Å². The van der Waals surface area contributed by atoms with Crippen LogP contribution in [0.25, 0.3) is 0 Å². The number of nitrogens with zero attached hydrogens (tertiary/aromatic N) is 1. The van der Waals surface area contributed by atoms with Gasteiger partial charge in [-0.15, -0.1) is 0 Å². The molecule has 0 aromatic carbocycles. The second-order valence-corrected chi connectivity index (χ2v) is 5.33. The summed E-state index contributed by atoms with van der Waals surface area (Å²) in [4.78, 5) is 25.2. The molecule has 5 nitrogen and oxygen atoms in total. The molecule has 106 valence electrons. The van der Waals surface area contributed by atoms with Crippen molar-refractivity contribution in [2.45, 2.75) is 34.1 Å². The lowest BCUT2D eigenvalue weighted by Crippen LogP contribution is -2.46. The first-order valence-electron chi connectivity index (χ1n) is 6.56. The molecule has 0 saturated carbocycles. The van der Waals surface area contributed by atoms with Gasteiger partial charge in [-0.25, -0.2) is 0 Å². The zero-order valence-corrected chi connectivity index (χ0v) is 11.9. The van der Waals surface area contributed by atoms with E-state index in [0.29, 0.717) is 37.9 Å². The Balaban J connectivity index is 4.38. The molecule has 0 aliphatic heterocycles. The summed E-state index contributed by atoms with van der Waals surface area (Å²) in [5.74, 6) is -0.393. The predicted molar refractivity (Wildman–Crippen MR) is 71.0 cm³/mol. The van der Waals surface area contributed by atoms with Crippen molar-refractivity contribution in [3.63, 3.8) is 0 Å². The van der Waals surface area contributed by atoms with Crippen LogP contribution in [0.4, 0.5) is 0 Å². The third-order valence-electron chi connectivity index (χ3n) is 2.27. The molecule has 2 N–H and O–H groups in total. The van der Waals surface area contributed by atoms with Crippen LogP contribution in [0.1, 0.15) is 34.1 Å². The summed E-state index contributed by atoms with van der Waals surface area (Å²) in [7, 11) is 0. The Kier molecular flexibility index (Phi) is 8.37. The molecule has 0 aromatic heterocycles. The summed E-state index contributed by atoms with van der Waals surface area (Å²) >= 11 is 0. The fourth-order valence-corrected chi connectivity index (χ4v) is 1.62. The predicted octanol–water partition coefficient (Wildman–Crippen LogP) is 0.626. The Labute approximate surface area is 110 Å². The summed E-state index contributed by atoms with van der Waals surface area (Å²) < 4.78 is 0. The Hall–Kier alpha value is -1.10. The van der Waals surface area contributed by atoms with Gasteiger partial charge in [-0.05, 0) is 18.3 Å². The van der Waals surface area contributed by atoms with Gasteiger partial charge in [0.1, 0.15) is 0 Å². The maximum atomic E-state index is 12.0. The Bertz CT molecular complexity index is 255. The number of aliphatic hydroxyl groups is 1. The number of hydrogen-bond donors (Lipinski definition) is 2. The minimum absolute atomic E-state index is 0.0101. The fourth-order valence-electron chi connectivity index (χ4n) is 1.62. The lowest BCUT2D eigenvalue weighted by Gasteiger charge is -2.25. The molecule has 0 heterocycles. The lowest BCUT2D eigenvalue weighted by molar-refractivity contribution is -0.146. The van der Waals surface area contributed by atoms with Crippen LogP contribution >= 0.6 is 0 Å². The van der Waals surface area contributed by atoms with Crippen molar-refractivity contribution < 1.29 is 14.7 Å². The van der Waals surface area contributed by atoms with Crippen LogP contribution in [0.2, 0.25) is 0 Å². The van der Waals surface area contributed by atoms with Crippen LogP contribution in [-0.4, -0.2) is 48.1 Å². The standard InChI is InChI=1S/C13H26N2O3/c1-10(2)8-15(9-11(3)4)13(18)12(17)14-6-5-7-16/h10-11,16H,5-9H2,1-4H3,(H,14,17). The van der Waals surface area contributed by atoms with Gasteiger partial charge < -0.3 is 15.3 Å². The number of carbonyl (C=O) groups is 2. The van der Waals surface area contributed by atoms with E-state index < -0.39 is 11.8 Å². The van der Waals surface area contributed by atoms with Gasteiger partial charge in [0.2, 0.25) is 0 Å². The Morgan fingerprint density at radius 2 is 1.61 bits per heavy atom. The first-order chi connectivity index (χ1) is 8.38. The molecular formula is C13H26N2O3. The average Bonchev–Trinajstić information content (AvgIpc) is 2.26. The highest BCUT2D eigenvalue weighted by Crippen LogP contribution is 2.04. The quantitative estimate of drug-likeness (QED) is 0.520. The molecule has 2 amide bonds. The maximum Gasteiger partial charge on any atom is 0.311 e. The average molecular weight is 258 g/mol. The maximum absolute atomic E-state index is 12.0. The molecule has 0 unspecified atom stereocenters. The zero-order chi connectivity index (χ0) is 14.1. The number of carbonyl (C=O) groups excluding carboxylic acids is 2. The summed E-state index contributed by atoms with van der Waals surface area (Å²) in [6, 6.07) is 0. The minimum atomic E-state index is -0.579. The van der Waals surface area contributed by atoms with Gasteiger partial charge in [0.25, 0.3) is 0 Å². The first kappa shape index (κ1) is 16.9. The topological polar surface area (TPSA) is 69.6 Å². The van der Waals surface area contributed by atoms with Crippen molar-refractivity contribution in [1.82, 2.24) is 10.2 Å². The van der Waals surface area contributed by atoms with Crippen LogP contribution in [-0.2, 0) is 9.59 Å². The summed E-state index contributed by atoms with van der Waals surface area (Å²) in [5, 5.41) is 11.1. The van der Waals surface area contributed by atoms with E-state index >= 15 is 0 Å². The van der Waals surface area contributed by atoms with Gasteiger partial charge in [-0.3, -0.25) is 9.59 Å². The fraction of sp³-hybridized carbons (Fsp3) is 0.846. The third kappa shape index (κ3) is 7.27. The summed E-state index contributed by atoms with van der Waals surface area (Å²) in [6.45, 7) is 9.59. The number of hydrogen-bond acceptors (Lipinski definition) is 3. The highest BCUT2D eigenvalue weighted by atomic mass is 16.3. The number of amides is 2. The molecule has 0 aliphatic carbocycles. The van der Waals surface area contributed by atoms with Gasteiger partial charge in [-0.1, -0.05) is 27.7 Å². The third-order valence-corrected chi connectivity index (χ3v) is 2.27. The molecule has 0 saturated heterocycles. The number of nitrogens with one attached hydrogen (secondary N) is 1. The highest BCUT2D eigenvalue weighted by molar-refractivity contribution is 6.35. The van der Waals surface area contributed by atoms with Crippen LogP contribution in [0.5, 0.6) is 0 Å². The normalized spacial score (nSPS) is 10.8. The molecule has 18 heavy (non-hydrogen) atoms. The van der Waals surface area contributed by atoms with Crippen molar-refractivity contribution in [2.75, 3.05) is 26.2 Å². The van der Waals surface area contributed by atoms with E-state index in [4.69, 9.17) is 5.11 Å². The van der Waals surface area contributed by atoms with E-state index in [1.54, 1.807) is 4.90 Å². The van der Waals surface area contributed by atoms with Crippen molar-refractivity contribution in [2.24, 2.45) is 11.8 Å². The summed E-state index contributed by atoms with van der Waals surface area (Å²) in [6.07, 6.45) is 0.466. The van der Waals surface area contributed by atoms with E-state index in [0.717, 1.165) is 0 Å². The van der Waals surface area contributed by atoms with Gasteiger partial charge in [-0.2, -0.15) is 0 Å². The van der Waals surface area contributed by atoms with E-state index in [2.05, 4.69) is 5.32 Å². The van der Waals surface area contributed by atoms with Crippen LogP contribution in [0.15, 0.2) is 0 Å². The zero-order valence-electron chi connectivity index (χ0n) is 11.9. The van der Waals surface area contributed by atoms with Crippen molar-refractivity contribution in [3.05, 3.63) is 0 Å². The van der Waals surface area contributed by atoms with Gasteiger partial charge in [0.15, 0.2) is 0 Å². The first-order valence-corrected chi connectivity index (χ1v) is 6.56. The van der Waals surface area contributed by atoms with Crippen LogP contribution < -0.4 is 5.32 Å². The molecule has 0 rings (SSSR count).